The lowest BCUT2D eigenvalue weighted by molar-refractivity contribution is -0.294. The summed E-state index contributed by atoms with van der Waals surface area (Å²) < 4.78 is 30.8. The van der Waals surface area contributed by atoms with Gasteiger partial charge < -0.3 is 85.6 Å². The summed E-state index contributed by atoms with van der Waals surface area (Å²) in [5.74, 6) is -4.41. The number of aliphatic hydroxyl groups is 6. The molecule has 10 heterocycles. The second kappa shape index (κ2) is 34.4. The number of anilines is 2. The van der Waals surface area contributed by atoms with Crippen LogP contribution in [0.2, 0.25) is 0 Å². The number of amides is 1. The lowest BCUT2D eigenvalue weighted by atomic mass is 9.41. The van der Waals surface area contributed by atoms with Crippen LogP contribution >= 0.6 is 21.6 Å². The molecular formula is C80H101N15O20S2. The number of nitrogens with one attached hydrogen (secondary N) is 5. The predicted molar refractivity (Wildman–Crippen MR) is 426 cm³/mol. The minimum atomic E-state index is -2.47. The molecule has 35 nitrogen and oxygen atoms in total. The molecule has 7 aromatic rings. The molecule has 3 aromatic carbocycles. The number of ether oxygens (including phenoxy) is 5. The Morgan fingerprint density at radius 1 is 0.923 bits per heavy atom. The van der Waals surface area contributed by atoms with E-state index in [1.54, 1.807) is 31.4 Å². The van der Waals surface area contributed by atoms with Crippen LogP contribution in [-0.2, 0) is 86.0 Å². The highest BCUT2D eigenvalue weighted by Crippen LogP contribution is 2.73. The normalized spacial score (nSPS) is 29.6. The number of H-pyrrole nitrogens is 2. The van der Waals surface area contributed by atoms with E-state index in [0.717, 1.165) is 38.9 Å². The van der Waals surface area contributed by atoms with E-state index in [1.165, 1.54) is 38.7 Å². The number of nitrogen functional groups attached to an aromatic ring is 1. The minimum Gasteiger partial charge on any atom is -0.496 e. The number of para-hydroxylation sites is 1. The quantitative estimate of drug-likeness (QED) is 0.00397. The van der Waals surface area contributed by atoms with Gasteiger partial charge in [-0.1, -0.05) is 95.3 Å². The molecular weight excluding hydrogens is 1560 g/mol. The van der Waals surface area contributed by atoms with Crippen molar-refractivity contribution in [2.75, 3.05) is 95.4 Å². The van der Waals surface area contributed by atoms with Crippen molar-refractivity contribution in [1.82, 2.24) is 66.0 Å². The number of piperidine rings is 1. The summed E-state index contributed by atoms with van der Waals surface area (Å²) in [4.78, 5) is 119. The maximum Gasteiger partial charge on any atom is 0.335 e. The van der Waals surface area contributed by atoms with Gasteiger partial charge >= 0.3 is 11.9 Å². The van der Waals surface area contributed by atoms with E-state index in [4.69, 9.17) is 29.4 Å². The summed E-state index contributed by atoms with van der Waals surface area (Å²) in [6, 6.07) is 15.9. The first-order valence-corrected chi connectivity index (χ1v) is 41.9. The van der Waals surface area contributed by atoms with Crippen molar-refractivity contribution in [2.24, 2.45) is 17.3 Å². The van der Waals surface area contributed by atoms with E-state index >= 15 is 4.79 Å². The number of hydrazine groups is 1. The number of rotatable bonds is 34. The number of ketones is 2. The molecule has 15 N–H and O–H groups in total. The standard InChI is InChI=1S/C80H101N15O20S2/c1-6-76(108)36-45-37-77(42-112-43-96,64-52(19-24-93(39-45)41-76)51-11-8-9-12-55(51)85-64)54-34-53-56(35-58(54)111-5)92(4)72-79(53)21-25-94-23-10-20-78(7-2,75(79,94)3)73(107)80(72,109)65(89-91-110)70(106)113-28-30-117-116-29-22-82-67(102)47(31-49-40-95(90-88-49)26-27-114-71-62(101)60(99)61(100)63(115-71)69(104)105)32-50(97)33-57(98)46-16-13-44(14-17-46)15-18-48-38-83-66-59(84-48)68(103)87-74(81)86-66/h8-14,16-17,20,34-35,38,40,43,45,47,60-63,65,71-73,85,89,91,99-101,107-110H,6-7,15,18-19,21-33,36-37,39,41-42H2,1-5H3,(H,82,102)(H,104,105)(H3,81,83,86,87,103)/t45-,47-,60+,61+,62?,63?,65-,71-,72-,73-,75+,76+,77+,78+,79+,80+/m1/s1. The lowest BCUT2D eigenvalue weighted by Gasteiger charge is -2.70. The zero-order chi connectivity index (χ0) is 83.1. The van der Waals surface area contributed by atoms with Gasteiger partial charge in [0, 0.05) is 133 Å². The number of aromatic amines is 2. The first kappa shape index (κ1) is 84.6. The Labute approximate surface area is 680 Å². The van der Waals surface area contributed by atoms with Crippen LogP contribution in [0.25, 0.3) is 22.1 Å². The van der Waals surface area contributed by atoms with Crippen molar-refractivity contribution >= 4 is 91.2 Å². The highest BCUT2D eigenvalue weighted by atomic mass is 33.1. The Bertz CT molecular complexity index is 4960. The SMILES string of the molecule is CC[C@]1(O)C[C@H]2CN(CCc3c([nH]c4ccccc34)[C@@](COC=O)(c3cc4c(cc3OC)N(C)[C@H]3[C@@](O)([C@H](NNO)C(=O)OCCSSCCNC(=O)[C@@H](CC(=O)CC(=O)c5ccc(CCc6cnc7nc(N)[nH]c(=O)c7n6)cc5)Cc5cn(CCO[C@@H]6OC(C(=O)O)[C@@H](O)[C@H](O)C6O)nn5)[C@H](O)[C@]5(CC)C=CCN6CC[C@]43[C@@]65C)C2)C1. The van der Waals surface area contributed by atoms with Crippen molar-refractivity contribution in [3.8, 4) is 5.75 Å². The molecule has 4 fully saturated rings. The fourth-order valence-electron chi connectivity index (χ4n) is 20.3. The number of nitrogens with zero attached hydrogens (tertiary/aromatic N) is 9. The molecule has 6 aliphatic heterocycles. The van der Waals surface area contributed by atoms with E-state index in [-0.39, 0.29) is 85.8 Å². The number of aliphatic hydroxyl groups excluding tert-OH is 4. The number of esters is 1. The van der Waals surface area contributed by atoms with Crippen molar-refractivity contribution in [2.45, 2.75) is 174 Å². The van der Waals surface area contributed by atoms with Gasteiger partial charge in [-0.3, -0.25) is 43.6 Å². The summed E-state index contributed by atoms with van der Waals surface area (Å²) in [5.41, 5.74) is 8.83. The Hall–Kier alpha value is -8.90. The number of likely N-dealkylation sites (N-methyl/N-ethyl adjacent to an activating group) is 1. The van der Waals surface area contributed by atoms with Crippen LogP contribution in [0.3, 0.4) is 0 Å². The third-order valence-corrected chi connectivity index (χ3v) is 28.1. The third kappa shape index (κ3) is 15.4. The van der Waals surface area contributed by atoms with E-state index in [2.05, 4.69) is 74.8 Å². The third-order valence-electron chi connectivity index (χ3n) is 25.8. The first-order valence-electron chi connectivity index (χ1n) is 39.5. The number of benzene rings is 3. The number of fused-ring (bicyclic) bond motifs is 7. The smallest absolute Gasteiger partial charge is 0.335 e. The fraction of sp³-hybridized carbons (Fsp3) is 0.550. The number of carboxylic acids is 1. The van der Waals surface area contributed by atoms with Crippen molar-refractivity contribution in [1.29, 1.82) is 0 Å². The molecule has 2 bridgehead atoms. The molecule has 1 saturated carbocycles. The number of carbonyl (C=O) groups excluding carboxylic acids is 5. The summed E-state index contributed by atoms with van der Waals surface area (Å²) in [7, 11) is 6.07. The monoisotopic (exact) mass is 1660 g/mol. The van der Waals surface area contributed by atoms with Gasteiger partial charge in [0.2, 0.25) is 11.9 Å². The van der Waals surface area contributed by atoms with Crippen LogP contribution in [0.5, 0.6) is 5.75 Å². The molecule has 14 rings (SSSR count). The van der Waals surface area contributed by atoms with Gasteiger partial charge in [0.1, 0.15) is 48.7 Å². The van der Waals surface area contributed by atoms with Gasteiger partial charge in [0.15, 0.2) is 35.4 Å². The average molecular weight is 1660 g/mol. The summed E-state index contributed by atoms with van der Waals surface area (Å²) >= 11 is 0. The maximum atomic E-state index is 15.2. The number of methoxy groups -OCH3 is 1. The van der Waals surface area contributed by atoms with Crippen LogP contribution in [0.15, 0.2) is 90.0 Å². The number of aromatic nitrogens is 8. The van der Waals surface area contributed by atoms with Crippen LogP contribution in [0.1, 0.15) is 115 Å². The molecule has 1 amide bonds. The fourth-order valence-corrected chi connectivity index (χ4v) is 22.1. The average Bonchev–Trinajstić information content (AvgIpc) is 1.46. The molecule has 0 radical (unpaired) electrons. The Balaban J connectivity index is 0.661. The summed E-state index contributed by atoms with van der Waals surface area (Å²) in [6.07, 6.45) is -1.18. The zero-order valence-corrected chi connectivity index (χ0v) is 67.2. The highest BCUT2D eigenvalue weighted by molar-refractivity contribution is 8.76. The van der Waals surface area contributed by atoms with E-state index in [0.29, 0.717) is 113 Å². The molecule has 17 atom stereocenters. The Kier molecular flexibility index (Phi) is 24.9. The van der Waals surface area contributed by atoms with Gasteiger partial charge in [-0.15, -0.1) is 10.7 Å². The summed E-state index contributed by atoms with van der Waals surface area (Å²) in [6.45, 7) is 9.01. The largest absolute Gasteiger partial charge is 0.496 e. The minimum absolute atomic E-state index is 0.0452. The zero-order valence-electron chi connectivity index (χ0n) is 65.6. The van der Waals surface area contributed by atoms with E-state index in [1.807, 2.05) is 67.8 Å². The Morgan fingerprint density at radius 2 is 1.71 bits per heavy atom. The molecule has 4 aromatic heterocycles. The molecule has 37 heteroatoms. The number of carboxylic acid groups (broad SMARTS) is 1. The van der Waals surface area contributed by atoms with Gasteiger partial charge in [-0.25, -0.2) is 24.9 Å². The van der Waals surface area contributed by atoms with Gasteiger partial charge in [-0.05, 0) is 93.0 Å². The molecule has 1 aliphatic carbocycles. The number of hydrogen-bond donors (Lipinski definition) is 14. The predicted octanol–water partition coefficient (Wildman–Crippen LogP) is 1.52. The lowest BCUT2D eigenvalue weighted by Crippen LogP contribution is -2.87. The number of aliphatic carboxylic acids is 1. The second-order valence-electron chi connectivity index (χ2n) is 32.1. The summed E-state index contributed by atoms with van der Waals surface area (Å²) in [5, 5.41) is 103. The number of carbonyl (C=O) groups is 6. The second-order valence-corrected chi connectivity index (χ2v) is 34.8. The van der Waals surface area contributed by atoms with Crippen molar-refractivity contribution in [3.05, 3.63) is 140 Å². The number of nitrogens with two attached hydrogens (primary N) is 1. The van der Waals surface area contributed by atoms with Crippen molar-refractivity contribution in [3.63, 3.8) is 0 Å². The number of Topliss-reactive ketones (excluding diaryl/α,β-unsaturated/α-hetero) is 2. The van der Waals surface area contributed by atoms with Crippen LogP contribution in [0, 0.1) is 17.3 Å². The first-order chi connectivity index (χ1) is 56.1. The molecule has 1 spiro atoms. The van der Waals surface area contributed by atoms with Gasteiger partial charge in [-0.2, -0.15) is 4.98 Å². The highest BCUT2D eigenvalue weighted by Gasteiger charge is 2.83. The maximum absolute atomic E-state index is 15.2. The van der Waals surface area contributed by atoms with Crippen LogP contribution < -0.4 is 37.3 Å². The number of aryl methyl sites for hydroxylation is 2. The van der Waals surface area contributed by atoms with Gasteiger partial charge in [0.05, 0.1) is 73.3 Å². The molecule has 3 unspecified atom stereocenters. The molecule has 628 valence electrons. The van der Waals surface area contributed by atoms with Crippen molar-refractivity contribution < 1.29 is 93.4 Å². The van der Waals surface area contributed by atoms with Gasteiger partial charge in [0.25, 0.3) is 12.0 Å². The Morgan fingerprint density at radius 3 is 2.46 bits per heavy atom. The topological polar surface area (TPSA) is 500 Å². The van der Waals surface area contributed by atoms with E-state index < -0.39 is 129 Å². The number of hydrogen-bond acceptors (Lipinski definition) is 32. The molecule has 3 saturated heterocycles. The molecule has 117 heavy (non-hydrogen) atoms. The van der Waals surface area contributed by atoms with Crippen LogP contribution in [0.4, 0.5) is 11.6 Å². The van der Waals surface area contributed by atoms with E-state index in [9.17, 15) is 69.7 Å². The molecule has 7 aliphatic rings. The van der Waals surface area contributed by atoms with Crippen LogP contribution in [-0.4, -0.2) is 277 Å².